The molecule has 0 fully saturated rings. The number of hydrogen-bond acceptors (Lipinski definition) is 1. The van der Waals surface area contributed by atoms with E-state index in [9.17, 15) is 4.79 Å². The number of halogens is 1. The third kappa shape index (κ3) is 1.66. The molecule has 72 valence electrons. The first-order chi connectivity index (χ1) is 6.66. The number of hydrogen-bond donors (Lipinski definition) is 1. The van der Waals surface area contributed by atoms with Crippen molar-refractivity contribution in [3.05, 3.63) is 39.9 Å². The first-order valence-corrected chi connectivity index (χ1v) is 4.73. The molecular formula is C11H9ClO2. The van der Waals surface area contributed by atoms with E-state index in [1.165, 1.54) is 0 Å². The van der Waals surface area contributed by atoms with Crippen LogP contribution in [0.4, 0.5) is 0 Å². The molecule has 1 N–H and O–H groups in total. The molecule has 0 spiro atoms. The molecule has 2 nitrogen and oxygen atoms in total. The average molecular weight is 209 g/mol. The molecule has 0 aromatic heterocycles. The normalized spacial score (nSPS) is 13.6. The van der Waals surface area contributed by atoms with Gasteiger partial charge in [-0.05, 0) is 23.6 Å². The highest BCUT2D eigenvalue weighted by molar-refractivity contribution is 6.32. The van der Waals surface area contributed by atoms with Gasteiger partial charge in [-0.25, -0.2) is 0 Å². The van der Waals surface area contributed by atoms with Gasteiger partial charge in [-0.1, -0.05) is 35.4 Å². The summed E-state index contributed by atoms with van der Waals surface area (Å²) in [5.41, 5.74) is 3.01. The molecule has 0 unspecified atom stereocenters. The largest absolute Gasteiger partial charge is 0.481 e. The Labute approximate surface area is 86.8 Å². The second-order valence-corrected chi connectivity index (χ2v) is 3.77. The maximum absolute atomic E-state index is 10.5. The molecule has 1 aliphatic rings. The molecule has 0 heterocycles. The summed E-state index contributed by atoms with van der Waals surface area (Å²) in [5, 5.41) is 9.35. The van der Waals surface area contributed by atoms with Crippen LogP contribution in [0.5, 0.6) is 0 Å². The van der Waals surface area contributed by atoms with Crippen molar-refractivity contribution in [3.63, 3.8) is 0 Å². The summed E-state index contributed by atoms with van der Waals surface area (Å²) < 4.78 is 0. The van der Waals surface area contributed by atoms with Crippen LogP contribution < -0.4 is 0 Å². The monoisotopic (exact) mass is 208 g/mol. The smallest absolute Gasteiger partial charge is 0.307 e. The van der Waals surface area contributed by atoms with Crippen LogP contribution in [0.2, 0.25) is 5.02 Å². The summed E-state index contributed by atoms with van der Waals surface area (Å²) in [4.78, 5) is 10.5. The van der Waals surface area contributed by atoms with Crippen LogP contribution in [0.15, 0.2) is 23.8 Å². The predicted molar refractivity (Wildman–Crippen MR) is 55.4 cm³/mol. The lowest BCUT2D eigenvalue weighted by Crippen LogP contribution is -1.96. The van der Waals surface area contributed by atoms with Gasteiger partial charge < -0.3 is 5.11 Å². The van der Waals surface area contributed by atoms with Gasteiger partial charge in [0.25, 0.3) is 0 Å². The first kappa shape index (κ1) is 9.28. The van der Waals surface area contributed by atoms with Gasteiger partial charge in [-0.3, -0.25) is 4.79 Å². The number of rotatable bonds is 2. The zero-order valence-corrected chi connectivity index (χ0v) is 8.21. The summed E-state index contributed by atoms with van der Waals surface area (Å²) in [6.45, 7) is 0. The van der Waals surface area contributed by atoms with Crippen LogP contribution in [-0.4, -0.2) is 11.1 Å². The highest BCUT2D eigenvalue weighted by Gasteiger charge is 2.16. The predicted octanol–water partition coefficient (Wildman–Crippen LogP) is 2.75. The third-order valence-corrected chi connectivity index (χ3v) is 2.62. The lowest BCUT2D eigenvalue weighted by Gasteiger charge is -1.99. The number of carbonyl (C=O) groups is 1. The van der Waals surface area contributed by atoms with Gasteiger partial charge in [0.1, 0.15) is 0 Å². The SMILES string of the molecule is O=C(O)CC1=Cc2c(Cl)cccc2C1. The molecule has 3 heteroatoms. The first-order valence-electron chi connectivity index (χ1n) is 4.35. The molecule has 0 aliphatic heterocycles. The van der Waals surface area contributed by atoms with E-state index in [1.54, 1.807) is 0 Å². The number of carboxylic acids is 1. The molecule has 0 atom stereocenters. The second-order valence-electron chi connectivity index (χ2n) is 3.36. The lowest BCUT2D eigenvalue weighted by molar-refractivity contribution is -0.136. The highest BCUT2D eigenvalue weighted by Crippen LogP contribution is 2.31. The van der Waals surface area contributed by atoms with E-state index < -0.39 is 5.97 Å². The zero-order chi connectivity index (χ0) is 10.1. The van der Waals surface area contributed by atoms with Crippen LogP contribution >= 0.6 is 11.6 Å². The van der Waals surface area contributed by atoms with E-state index in [0.717, 1.165) is 16.7 Å². The molecule has 1 aromatic carbocycles. The van der Waals surface area contributed by atoms with Crippen LogP contribution in [0.25, 0.3) is 6.08 Å². The van der Waals surface area contributed by atoms with Crippen LogP contribution in [-0.2, 0) is 11.2 Å². The second kappa shape index (κ2) is 3.46. The van der Waals surface area contributed by atoms with Gasteiger partial charge >= 0.3 is 5.97 Å². The van der Waals surface area contributed by atoms with Crippen molar-refractivity contribution in [2.45, 2.75) is 12.8 Å². The summed E-state index contributed by atoms with van der Waals surface area (Å²) in [7, 11) is 0. The van der Waals surface area contributed by atoms with Crippen LogP contribution in [0.1, 0.15) is 17.5 Å². The van der Waals surface area contributed by atoms with E-state index >= 15 is 0 Å². The molecular weight excluding hydrogens is 200 g/mol. The van der Waals surface area contributed by atoms with Gasteiger partial charge in [0.2, 0.25) is 0 Å². The quantitative estimate of drug-likeness (QED) is 0.812. The fourth-order valence-electron chi connectivity index (χ4n) is 1.71. The number of fused-ring (bicyclic) bond motifs is 1. The van der Waals surface area contributed by atoms with Crippen molar-refractivity contribution in [1.82, 2.24) is 0 Å². The van der Waals surface area contributed by atoms with Gasteiger partial charge in [-0.2, -0.15) is 0 Å². The molecule has 0 radical (unpaired) electrons. The van der Waals surface area contributed by atoms with Crippen molar-refractivity contribution in [1.29, 1.82) is 0 Å². The van der Waals surface area contributed by atoms with Crippen molar-refractivity contribution in [2.24, 2.45) is 0 Å². The van der Waals surface area contributed by atoms with E-state index in [-0.39, 0.29) is 6.42 Å². The Kier molecular flexibility index (Phi) is 2.30. The maximum atomic E-state index is 10.5. The van der Waals surface area contributed by atoms with Gasteiger partial charge in [0.15, 0.2) is 0 Å². The number of benzene rings is 1. The average Bonchev–Trinajstić information content (AvgIpc) is 2.47. The minimum atomic E-state index is -0.792. The Balaban J connectivity index is 2.30. The van der Waals surface area contributed by atoms with Gasteiger partial charge in [-0.15, -0.1) is 0 Å². The molecule has 1 aromatic rings. The minimum absolute atomic E-state index is 0.102. The van der Waals surface area contributed by atoms with E-state index in [1.807, 2.05) is 24.3 Å². The van der Waals surface area contributed by atoms with Gasteiger partial charge in [0, 0.05) is 5.02 Å². The van der Waals surface area contributed by atoms with Gasteiger partial charge in [0.05, 0.1) is 6.42 Å². The lowest BCUT2D eigenvalue weighted by atomic mass is 10.1. The fourth-order valence-corrected chi connectivity index (χ4v) is 1.95. The summed E-state index contributed by atoms with van der Waals surface area (Å²) in [5.74, 6) is -0.792. The van der Waals surface area contributed by atoms with Crippen LogP contribution in [0.3, 0.4) is 0 Å². The molecule has 2 rings (SSSR count). The summed E-state index contributed by atoms with van der Waals surface area (Å²) in [6, 6.07) is 5.69. The van der Waals surface area contributed by atoms with Crippen molar-refractivity contribution < 1.29 is 9.90 Å². The Morgan fingerprint density at radius 3 is 2.93 bits per heavy atom. The molecule has 0 saturated carbocycles. The van der Waals surface area contributed by atoms with Crippen molar-refractivity contribution in [3.8, 4) is 0 Å². The topological polar surface area (TPSA) is 37.3 Å². The Hall–Kier alpha value is -1.28. The van der Waals surface area contributed by atoms with E-state index in [0.29, 0.717) is 11.4 Å². The maximum Gasteiger partial charge on any atom is 0.307 e. The minimum Gasteiger partial charge on any atom is -0.481 e. The molecule has 0 saturated heterocycles. The third-order valence-electron chi connectivity index (χ3n) is 2.29. The fraction of sp³-hybridized carbons (Fsp3) is 0.182. The molecule has 0 bridgehead atoms. The standard InChI is InChI=1S/C11H9ClO2/c12-10-3-1-2-8-4-7(5-9(8)10)6-11(13)14/h1-3,5H,4,6H2,(H,13,14). The van der Waals surface area contributed by atoms with Crippen molar-refractivity contribution in [2.75, 3.05) is 0 Å². The summed E-state index contributed by atoms with van der Waals surface area (Å²) in [6.07, 6.45) is 2.69. The van der Waals surface area contributed by atoms with Crippen LogP contribution in [0, 0.1) is 0 Å². The number of carboxylic acid groups (broad SMARTS) is 1. The Bertz CT molecular complexity index is 421. The van der Waals surface area contributed by atoms with E-state index in [2.05, 4.69) is 0 Å². The van der Waals surface area contributed by atoms with E-state index in [4.69, 9.17) is 16.7 Å². The highest BCUT2D eigenvalue weighted by atomic mass is 35.5. The molecule has 0 amide bonds. The molecule has 1 aliphatic carbocycles. The zero-order valence-electron chi connectivity index (χ0n) is 7.46. The number of aliphatic carboxylic acids is 1. The Morgan fingerprint density at radius 1 is 1.50 bits per heavy atom. The van der Waals surface area contributed by atoms with Crippen molar-refractivity contribution >= 4 is 23.6 Å². The Morgan fingerprint density at radius 2 is 2.29 bits per heavy atom. The molecule has 14 heavy (non-hydrogen) atoms. The summed E-state index contributed by atoms with van der Waals surface area (Å²) >= 11 is 5.98.